The molecule has 0 heterocycles. The lowest BCUT2D eigenvalue weighted by Crippen LogP contribution is -2.29. The van der Waals surface area contributed by atoms with Crippen molar-refractivity contribution < 1.29 is 37.6 Å². The van der Waals surface area contributed by atoms with Gasteiger partial charge in [0, 0.05) is 19.4 Å². The van der Waals surface area contributed by atoms with Gasteiger partial charge in [-0.15, -0.1) is 0 Å². The van der Waals surface area contributed by atoms with Crippen molar-refractivity contribution in [3.63, 3.8) is 0 Å². The summed E-state index contributed by atoms with van der Waals surface area (Å²) in [5, 5.41) is 0. The number of esters is 2. The number of unbranched alkanes of at least 4 members (excludes halogenated alkanes) is 27. The molecule has 0 aliphatic carbocycles. The van der Waals surface area contributed by atoms with Crippen LogP contribution in [0, 0.1) is 0 Å². The maximum absolute atomic E-state index is 12.8. The molecule has 0 saturated heterocycles. The summed E-state index contributed by atoms with van der Waals surface area (Å²) in [4.78, 5) is 35.4. The summed E-state index contributed by atoms with van der Waals surface area (Å²) in [7, 11) is -4.40. The smallest absolute Gasteiger partial charge is 0.462 e. The van der Waals surface area contributed by atoms with Gasteiger partial charge in [-0.25, -0.2) is 4.57 Å². The van der Waals surface area contributed by atoms with E-state index in [2.05, 4.69) is 172 Å². The fraction of sp³-hybridized carbons (Fsp3) is 0.646. The second-order valence-corrected chi connectivity index (χ2v) is 24.8. The summed E-state index contributed by atoms with van der Waals surface area (Å²) in [6.07, 6.45) is 106. The van der Waals surface area contributed by atoms with Crippen LogP contribution in [0.5, 0.6) is 0 Å². The number of nitrogens with two attached hydrogens (primary N) is 1. The molecule has 0 aromatic carbocycles. The Labute approximate surface area is 547 Å². The number of ether oxygens (including phenoxy) is 2. The predicted octanol–water partition coefficient (Wildman–Crippen LogP) is 24.0. The zero-order valence-electron chi connectivity index (χ0n) is 56.9. The van der Waals surface area contributed by atoms with E-state index in [9.17, 15) is 19.0 Å². The van der Waals surface area contributed by atoms with Gasteiger partial charge in [-0.1, -0.05) is 320 Å². The van der Waals surface area contributed by atoms with Crippen LogP contribution in [0.1, 0.15) is 296 Å². The summed E-state index contributed by atoms with van der Waals surface area (Å²) < 4.78 is 33.2. The van der Waals surface area contributed by atoms with Crippen LogP contribution >= 0.6 is 7.82 Å². The van der Waals surface area contributed by atoms with Gasteiger partial charge in [0.15, 0.2) is 6.10 Å². The Bertz CT molecular complexity index is 2020. The van der Waals surface area contributed by atoms with E-state index in [0.717, 1.165) is 122 Å². The topological polar surface area (TPSA) is 134 Å². The van der Waals surface area contributed by atoms with E-state index >= 15 is 0 Å². The molecule has 0 aliphatic rings. The van der Waals surface area contributed by atoms with E-state index in [1.165, 1.54) is 141 Å². The second kappa shape index (κ2) is 72.7. The van der Waals surface area contributed by atoms with Crippen molar-refractivity contribution in [1.82, 2.24) is 0 Å². The molecule has 506 valence electrons. The largest absolute Gasteiger partial charge is 0.472 e. The second-order valence-electron chi connectivity index (χ2n) is 23.3. The van der Waals surface area contributed by atoms with Crippen molar-refractivity contribution in [2.45, 2.75) is 302 Å². The number of hydrogen-bond acceptors (Lipinski definition) is 8. The quantitative estimate of drug-likeness (QED) is 0.0264. The van der Waals surface area contributed by atoms with Crippen LogP contribution in [0.2, 0.25) is 0 Å². The molecule has 3 N–H and O–H groups in total. The molecule has 2 unspecified atom stereocenters. The van der Waals surface area contributed by atoms with Gasteiger partial charge < -0.3 is 20.1 Å². The minimum Gasteiger partial charge on any atom is -0.462 e. The van der Waals surface area contributed by atoms with Crippen molar-refractivity contribution in [3.05, 3.63) is 158 Å². The maximum Gasteiger partial charge on any atom is 0.472 e. The van der Waals surface area contributed by atoms with Crippen LogP contribution in [-0.4, -0.2) is 49.3 Å². The third-order valence-electron chi connectivity index (χ3n) is 14.9. The highest BCUT2D eigenvalue weighted by molar-refractivity contribution is 7.47. The van der Waals surface area contributed by atoms with Crippen molar-refractivity contribution in [2.75, 3.05) is 26.4 Å². The number of allylic oxidation sites excluding steroid dienone is 26. The average Bonchev–Trinajstić information content (AvgIpc) is 3.66. The first-order valence-electron chi connectivity index (χ1n) is 36.0. The summed E-state index contributed by atoms with van der Waals surface area (Å²) >= 11 is 0. The van der Waals surface area contributed by atoms with Gasteiger partial charge in [0.2, 0.25) is 0 Å². The standard InChI is InChI=1S/C79H132NO8P/c1-3-5-7-9-11-13-15-17-19-21-23-25-27-29-31-33-35-37-38-40-42-44-46-48-50-52-54-56-58-60-62-64-66-68-70-72-79(82)88-77(76-87-89(83,84)86-74-73-80)75-85-78(81)71-69-67-65-63-61-59-57-55-53-51-49-47-45-43-41-39-36-34-32-30-28-26-24-22-20-18-16-14-12-10-8-6-4-2/h5-8,11-14,17-20,23-26,29-32,35-37,39-40,42,77H,3-4,9-10,15-16,21-22,27-28,33-34,38,41,43-76,80H2,1-2H3,(H,83,84)/b7-5-,8-6-,13-11-,14-12-,19-17-,20-18-,25-23-,26-24-,31-29-,32-30-,37-35-,39-36-,42-40-. The van der Waals surface area contributed by atoms with Gasteiger partial charge in [0.05, 0.1) is 13.2 Å². The third kappa shape index (κ3) is 72.6. The van der Waals surface area contributed by atoms with Crippen LogP contribution in [0.25, 0.3) is 0 Å². The number of carbonyl (C=O) groups is 2. The van der Waals surface area contributed by atoms with Gasteiger partial charge in [-0.05, 0) is 122 Å². The highest BCUT2D eigenvalue weighted by atomic mass is 31.2. The lowest BCUT2D eigenvalue weighted by Gasteiger charge is -2.19. The maximum atomic E-state index is 12.8. The SMILES string of the molecule is CC/C=C\C/C=C\C/C=C\C/C=C\C/C=C\C/C=C\C/C=C\CCCCCCCCCCCCCCCC(=O)OC(COC(=O)CCCCCCCCCCCCCCCC/C=C\C/C=C\C/C=C\C/C=C\C/C=C\C/C=C\CC)COP(=O)(O)OCCN. The van der Waals surface area contributed by atoms with Crippen LogP contribution in [0.3, 0.4) is 0 Å². The minimum absolute atomic E-state index is 0.0473. The highest BCUT2D eigenvalue weighted by Gasteiger charge is 2.26. The molecule has 89 heavy (non-hydrogen) atoms. The summed E-state index contributed by atoms with van der Waals surface area (Å²) in [6, 6.07) is 0. The van der Waals surface area contributed by atoms with Crippen LogP contribution in [0.15, 0.2) is 158 Å². The fourth-order valence-electron chi connectivity index (χ4n) is 9.68. The molecule has 0 radical (unpaired) electrons. The molecule has 0 aromatic rings. The first-order valence-corrected chi connectivity index (χ1v) is 37.5. The van der Waals surface area contributed by atoms with E-state index in [4.69, 9.17) is 24.3 Å². The molecule has 9 nitrogen and oxygen atoms in total. The normalized spacial score (nSPS) is 13.9. The molecular formula is C79H132NO8P. The van der Waals surface area contributed by atoms with E-state index in [1.54, 1.807) is 0 Å². The summed E-state index contributed by atoms with van der Waals surface area (Å²) in [6.45, 7) is 3.53. The monoisotopic (exact) mass is 1250 g/mol. The van der Waals surface area contributed by atoms with Crippen molar-refractivity contribution in [2.24, 2.45) is 5.73 Å². The summed E-state index contributed by atoms with van der Waals surface area (Å²) in [5.74, 6) is -0.830. The molecule has 0 rings (SSSR count). The molecule has 0 fully saturated rings. The van der Waals surface area contributed by atoms with Crippen molar-refractivity contribution in [3.8, 4) is 0 Å². The number of phosphoric acid groups is 1. The van der Waals surface area contributed by atoms with Gasteiger partial charge in [-0.3, -0.25) is 18.6 Å². The highest BCUT2D eigenvalue weighted by Crippen LogP contribution is 2.43. The van der Waals surface area contributed by atoms with Crippen LogP contribution in [0.4, 0.5) is 0 Å². The van der Waals surface area contributed by atoms with E-state index in [-0.39, 0.29) is 38.6 Å². The zero-order valence-corrected chi connectivity index (χ0v) is 57.8. The molecule has 2 atom stereocenters. The Hall–Kier alpha value is -4.37. The van der Waals surface area contributed by atoms with Gasteiger partial charge in [0.25, 0.3) is 0 Å². The number of carbonyl (C=O) groups excluding carboxylic acids is 2. The number of hydrogen-bond donors (Lipinski definition) is 2. The Morgan fingerprint density at radius 2 is 0.584 bits per heavy atom. The average molecular weight is 1250 g/mol. The van der Waals surface area contributed by atoms with Crippen LogP contribution < -0.4 is 5.73 Å². The fourth-order valence-corrected chi connectivity index (χ4v) is 10.4. The van der Waals surface area contributed by atoms with Gasteiger partial charge in [-0.2, -0.15) is 0 Å². The molecule has 0 aliphatic heterocycles. The lowest BCUT2D eigenvalue weighted by atomic mass is 10.0. The first kappa shape index (κ1) is 84.6. The van der Waals surface area contributed by atoms with E-state index in [0.29, 0.717) is 6.42 Å². The number of phosphoric ester groups is 1. The van der Waals surface area contributed by atoms with Crippen molar-refractivity contribution >= 4 is 19.8 Å². The molecular weight excluding hydrogens is 1120 g/mol. The molecule has 0 saturated carbocycles. The Kier molecular flexibility index (Phi) is 69.1. The molecule has 0 spiro atoms. The lowest BCUT2D eigenvalue weighted by molar-refractivity contribution is -0.161. The van der Waals surface area contributed by atoms with Gasteiger partial charge >= 0.3 is 19.8 Å². The molecule has 0 amide bonds. The zero-order chi connectivity index (χ0) is 64.4. The van der Waals surface area contributed by atoms with Crippen molar-refractivity contribution in [1.29, 1.82) is 0 Å². The van der Waals surface area contributed by atoms with E-state index in [1.807, 2.05) is 0 Å². The van der Waals surface area contributed by atoms with E-state index < -0.39 is 26.5 Å². The molecule has 10 heteroatoms. The summed E-state index contributed by atoms with van der Waals surface area (Å²) in [5.41, 5.74) is 5.41. The third-order valence-corrected chi connectivity index (χ3v) is 15.9. The minimum atomic E-state index is -4.40. The molecule has 0 bridgehead atoms. The van der Waals surface area contributed by atoms with Crippen LogP contribution in [-0.2, 0) is 32.7 Å². The predicted molar refractivity (Wildman–Crippen MR) is 385 cm³/mol. The Morgan fingerprint density at radius 1 is 0.337 bits per heavy atom. The first-order chi connectivity index (χ1) is 43.8. The Morgan fingerprint density at radius 3 is 0.865 bits per heavy atom. The number of rotatable bonds is 66. The Balaban J connectivity index is 3.91. The molecule has 0 aromatic heterocycles. The van der Waals surface area contributed by atoms with Gasteiger partial charge in [0.1, 0.15) is 6.61 Å².